The molecular weight excluding hydrogens is 302 g/mol. The van der Waals surface area contributed by atoms with Gasteiger partial charge in [0.1, 0.15) is 0 Å². The quantitative estimate of drug-likeness (QED) is 0.810. The van der Waals surface area contributed by atoms with E-state index in [1.807, 2.05) is 36.4 Å². The van der Waals surface area contributed by atoms with Gasteiger partial charge in [-0.1, -0.05) is 41.9 Å². The molecule has 1 unspecified atom stereocenters. The number of halogens is 1. The Bertz CT molecular complexity index is 714. The molecule has 2 aromatic carbocycles. The molecule has 21 heavy (non-hydrogen) atoms. The Morgan fingerprint density at radius 1 is 1.14 bits per heavy atom. The third-order valence-electron chi connectivity index (χ3n) is 4.23. The first-order chi connectivity index (χ1) is 10.2. The van der Waals surface area contributed by atoms with Crippen molar-refractivity contribution in [2.75, 3.05) is 5.32 Å². The lowest BCUT2D eigenvalue weighted by Crippen LogP contribution is -2.42. The second-order valence-corrected chi connectivity index (χ2v) is 6.39. The number of benzene rings is 2. The van der Waals surface area contributed by atoms with Gasteiger partial charge in [-0.15, -0.1) is 0 Å². The summed E-state index contributed by atoms with van der Waals surface area (Å²) in [6, 6.07) is 16.2. The Morgan fingerprint density at radius 2 is 1.90 bits per heavy atom. The molecule has 0 bridgehead atoms. The molecule has 2 nitrogen and oxygen atoms in total. The van der Waals surface area contributed by atoms with Crippen LogP contribution in [0.2, 0.25) is 5.02 Å². The van der Waals surface area contributed by atoms with Crippen molar-refractivity contribution in [1.29, 1.82) is 0 Å². The molecule has 0 amide bonds. The van der Waals surface area contributed by atoms with Gasteiger partial charge in [0.05, 0.1) is 0 Å². The topological polar surface area (TPSA) is 21.3 Å². The van der Waals surface area contributed by atoms with Gasteiger partial charge in [-0.05, 0) is 43.3 Å². The summed E-state index contributed by atoms with van der Waals surface area (Å²) < 4.78 is 6.23. The van der Waals surface area contributed by atoms with Crippen LogP contribution in [0.25, 0.3) is 0 Å². The molecule has 0 saturated heterocycles. The Labute approximate surface area is 134 Å². The van der Waals surface area contributed by atoms with Gasteiger partial charge < -0.3 is 10.1 Å². The second-order valence-electron chi connectivity index (χ2n) is 5.58. The summed E-state index contributed by atoms with van der Waals surface area (Å²) in [5.41, 5.74) is 2.70. The first-order valence-electron chi connectivity index (χ1n) is 7.06. The lowest BCUT2D eigenvalue weighted by Gasteiger charge is -2.40. The highest BCUT2D eigenvalue weighted by atomic mass is 35.5. The van der Waals surface area contributed by atoms with E-state index in [4.69, 9.17) is 28.6 Å². The third-order valence-corrected chi connectivity index (χ3v) is 4.65. The van der Waals surface area contributed by atoms with Crippen molar-refractivity contribution < 1.29 is 4.74 Å². The SMILES string of the molecule is S=C1Nc2ccc(Cl)cc2C(c2ccccc2)(C2CC2)O1. The minimum Gasteiger partial charge on any atom is -0.454 e. The average molecular weight is 316 g/mol. The highest BCUT2D eigenvalue weighted by Crippen LogP contribution is 2.55. The minimum absolute atomic E-state index is 0.431. The molecular formula is C17H14ClNOS. The number of fused-ring (bicyclic) bond motifs is 1. The highest BCUT2D eigenvalue weighted by Gasteiger charge is 2.53. The largest absolute Gasteiger partial charge is 0.454 e. The molecule has 4 heteroatoms. The molecule has 106 valence electrons. The van der Waals surface area contributed by atoms with Crippen molar-refractivity contribution in [3.63, 3.8) is 0 Å². The van der Waals surface area contributed by atoms with E-state index in [0.717, 1.165) is 29.7 Å². The van der Waals surface area contributed by atoms with Gasteiger partial charge >= 0.3 is 0 Å². The van der Waals surface area contributed by atoms with E-state index in [9.17, 15) is 0 Å². The molecule has 1 N–H and O–H groups in total. The monoisotopic (exact) mass is 315 g/mol. The minimum atomic E-state index is -0.510. The van der Waals surface area contributed by atoms with E-state index in [1.165, 1.54) is 0 Å². The number of ether oxygens (including phenoxy) is 1. The molecule has 0 spiro atoms. The fourth-order valence-electron chi connectivity index (χ4n) is 3.20. The summed E-state index contributed by atoms with van der Waals surface area (Å²) in [6.07, 6.45) is 2.28. The zero-order chi connectivity index (χ0) is 14.4. The van der Waals surface area contributed by atoms with E-state index in [1.54, 1.807) is 0 Å². The van der Waals surface area contributed by atoms with Crippen LogP contribution in [0.5, 0.6) is 0 Å². The van der Waals surface area contributed by atoms with E-state index < -0.39 is 5.60 Å². The fraction of sp³-hybridized carbons (Fsp3) is 0.235. The molecule has 1 aliphatic carbocycles. The van der Waals surface area contributed by atoms with Gasteiger partial charge in [0, 0.05) is 27.8 Å². The van der Waals surface area contributed by atoms with Crippen molar-refractivity contribution >= 4 is 34.7 Å². The Morgan fingerprint density at radius 3 is 2.62 bits per heavy atom. The van der Waals surface area contributed by atoms with Crippen molar-refractivity contribution in [3.8, 4) is 0 Å². The molecule has 2 aromatic rings. The highest BCUT2D eigenvalue weighted by molar-refractivity contribution is 7.80. The number of nitrogens with one attached hydrogen (secondary N) is 1. The van der Waals surface area contributed by atoms with Crippen molar-refractivity contribution in [3.05, 3.63) is 64.7 Å². The molecule has 1 heterocycles. The number of hydrogen-bond acceptors (Lipinski definition) is 2. The molecule has 1 atom stereocenters. The predicted molar refractivity (Wildman–Crippen MR) is 88.7 cm³/mol. The van der Waals surface area contributed by atoms with Gasteiger partial charge in [-0.3, -0.25) is 0 Å². The number of rotatable bonds is 2. The average Bonchev–Trinajstić information content (AvgIpc) is 3.33. The number of hydrogen-bond donors (Lipinski definition) is 1. The first kappa shape index (κ1) is 13.1. The summed E-state index contributed by atoms with van der Waals surface area (Å²) in [4.78, 5) is 0. The molecule has 1 aliphatic heterocycles. The standard InChI is InChI=1S/C17H14ClNOS/c18-13-8-9-15-14(10-13)17(12-6-7-12,20-16(21)19-15)11-4-2-1-3-5-11/h1-5,8-10,12H,6-7H2,(H,19,21). The van der Waals surface area contributed by atoms with Crippen LogP contribution in [0, 0.1) is 5.92 Å². The summed E-state index contributed by atoms with van der Waals surface area (Å²) in [5.74, 6) is 0.442. The van der Waals surface area contributed by atoms with Crippen LogP contribution in [0.4, 0.5) is 5.69 Å². The maximum absolute atomic E-state index is 6.24. The van der Waals surface area contributed by atoms with Crippen LogP contribution >= 0.6 is 23.8 Å². The molecule has 0 radical (unpaired) electrons. The van der Waals surface area contributed by atoms with Crippen LogP contribution in [0.3, 0.4) is 0 Å². The number of thiocarbonyl (C=S) groups is 1. The van der Waals surface area contributed by atoms with Crippen LogP contribution in [0.1, 0.15) is 24.0 Å². The van der Waals surface area contributed by atoms with Crippen molar-refractivity contribution in [2.45, 2.75) is 18.4 Å². The summed E-state index contributed by atoms with van der Waals surface area (Å²) in [7, 11) is 0. The predicted octanol–water partition coefficient (Wildman–Crippen LogP) is 4.72. The Balaban J connectivity index is 1.99. The van der Waals surface area contributed by atoms with Crippen LogP contribution in [-0.2, 0) is 10.3 Å². The Hall–Kier alpha value is -1.58. The van der Waals surface area contributed by atoms with E-state index in [-0.39, 0.29) is 0 Å². The molecule has 1 saturated carbocycles. The van der Waals surface area contributed by atoms with E-state index in [2.05, 4.69) is 17.4 Å². The van der Waals surface area contributed by atoms with Gasteiger partial charge in [0.25, 0.3) is 5.17 Å². The maximum Gasteiger partial charge on any atom is 0.262 e. The van der Waals surface area contributed by atoms with Gasteiger partial charge in [-0.25, -0.2) is 0 Å². The van der Waals surface area contributed by atoms with Gasteiger partial charge in [0.2, 0.25) is 0 Å². The molecule has 2 aliphatic rings. The number of anilines is 1. The van der Waals surface area contributed by atoms with Gasteiger partial charge in [-0.2, -0.15) is 0 Å². The van der Waals surface area contributed by atoms with Crippen LogP contribution in [-0.4, -0.2) is 5.17 Å². The molecule has 4 rings (SSSR count). The fourth-order valence-corrected chi connectivity index (χ4v) is 3.61. The smallest absolute Gasteiger partial charge is 0.262 e. The third kappa shape index (κ3) is 2.03. The van der Waals surface area contributed by atoms with Crippen molar-refractivity contribution in [2.24, 2.45) is 5.92 Å². The van der Waals surface area contributed by atoms with Gasteiger partial charge in [0.15, 0.2) is 5.60 Å². The van der Waals surface area contributed by atoms with Crippen LogP contribution in [0.15, 0.2) is 48.5 Å². The normalized spacial score (nSPS) is 24.0. The first-order valence-corrected chi connectivity index (χ1v) is 7.84. The lowest BCUT2D eigenvalue weighted by atomic mass is 9.80. The van der Waals surface area contributed by atoms with E-state index >= 15 is 0 Å². The van der Waals surface area contributed by atoms with E-state index in [0.29, 0.717) is 16.1 Å². The molecule has 0 aromatic heterocycles. The zero-order valence-electron chi connectivity index (χ0n) is 11.3. The van der Waals surface area contributed by atoms with Crippen LogP contribution < -0.4 is 5.32 Å². The summed E-state index contributed by atoms with van der Waals surface area (Å²) in [6.45, 7) is 0. The zero-order valence-corrected chi connectivity index (χ0v) is 12.9. The maximum atomic E-state index is 6.24. The summed E-state index contributed by atoms with van der Waals surface area (Å²) >= 11 is 11.6. The molecule has 1 fully saturated rings. The second kappa shape index (κ2) is 4.72. The van der Waals surface area contributed by atoms with Crippen molar-refractivity contribution in [1.82, 2.24) is 0 Å². The Kier molecular flexibility index (Phi) is 2.95. The lowest BCUT2D eigenvalue weighted by molar-refractivity contribution is 0.0721. The summed E-state index contributed by atoms with van der Waals surface area (Å²) in [5, 5.41) is 4.29.